The molecule has 2 aromatic rings. The lowest BCUT2D eigenvalue weighted by atomic mass is 10.2. The van der Waals surface area contributed by atoms with Gasteiger partial charge in [0.05, 0.1) is 6.61 Å². The number of hydrogen-bond donors (Lipinski definition) is 0. The first-order chi connectivity index (χ1) is 7.56. The number of furan rings is 1. The third-order valence-corrected chi connectivity index (χ3v) is 2.01. The molecule has 1 aromatic carbocycles. The van der Waals surface area contributed by atoms with Crippen LogP contribution in [-0.2, 0) is 11.3 Å². The highest BCUT2D eigenvalue weighted by molar-refractivity contribution is 5.80. The van der Waals surface area contributed by atoms with Gasteiger partial charge in [0.15, 0.2) is 6.26 Å². The first kappa shape index (κ1) is 11.0. The molecule has 0 aliphatic rings. The lowest BCUT2D eigenvalue weighted by molar-refractivity contribution is -0.176. The van der Waals surface area contributed by atoms with E-state index in [-0.39, 0.29) is 6.61 Å². The molecule has 0 aliphatic carbocycles. The van der Waals surface area contributed by atoms with Gasteiger partial charge in [-0.15, -0.1) is 0 Å². The van der Waals surface area contributed by atoms with Crippen molar-refractivity contribution < 1.29 is 22.3 Å². The molecule has 0 spiro atoms. The molecule has 1 radical (unpaired) electrons. The maximum Gasteiger partial charge on any atom is 0.411 e. The van der Waals surface area contributed by atoms with Gasteiger partial charge in [-0.05, 0) is 6.07 Å². The molecule has 0 fully saturated rings. The minimum absolute atomic E-state index is 0.156. The smallest absolute Gasteiger partial charge is 0.411 e. The molecule has 1 aromatic heterocycles. The molecule has 1 heterocycles. The summed E-state index contributed by atoms with van der Waals surface area (Å²) >= 11 is 0. The Morgan fingerprint density at radius 2 is 2.00 bits per heavy atom. The largest absolute Gasteiger partial charge is 0.452 e. The van der Waals surface area contributed by atoms with Crippen molar-refractivity contribution in [2.45, 2.75) is 12.8 Å². The number of para-hydroxylation sites is 1. The van der Waals surface area contributed by atoms with E-state index in [1.54, 1.807) is 24.3 Å². The van der Waals surface area contributed by atoms with Crippen LogP contribution in [0.3, 0.4) is 0 Å². The fraction of sp³-hybridized carbons (Fsp3) is 0.273. The fourth-order valence-corrected chi connectivity index (χ4v) is 1.35. The Morgan fingerprint density at radius 3 is 2.75 bits per heavy atom. The van der Waals surface area contributed by atoms with Crippen molar-refractivity contribution in [1.29, 1.82) is 0 Å². The first-order valence-corrected chi connectivity index (χ1v) is 4.59. The molecule has 0 bridgehead atoms. The summed E-state index contributed by atoms with van der Waals surface area (Å²) in [6.07, 6.45) is -1.77. The third kappa shape index (κ3) is 2.55. The summed E-state index contributed by atoms with van der Waals surface area (Å²) < 4.78 is 45.1. The molecule has 0 saturated carbocycles. The Kier molecular flexibility index (Phi) is 2.87. The van der Waals surface area contributed by atoms with Gasteiger partial charge >= 0.3 is 6.18 Å². The number of hydrogen-bond acceptors (Lipinski definition) is 2. The zero-order valence-corrected chi connectivity index (χ0v) is 8.17. The number of ether oxygens (including phenoxy) is 1. The summed E-state index contributed by atoms with van der Waals surface area (Å²) in [7, 11) is 0. The van der Waals surface area contributed by atoms with E-state index in [1.807, 2.05) is 0 Å². The van der Waals surface area contributed by atoms with E-state index in [0.717, 1.165) is 5.39 Å². The maximum atomic E-state index is 11.8. The van der Waals surface area contributed by atoms with Crippen molar-refractivity contribution in [2.75, 3.05) is 6.61 Å². The zero-order chi connectivity index (χ0) is 11.6. The number of benzene rings is 1. The van der Waals surface area contributed by atoms with Gasteiger partial charge in [0.2, 0.25) is 0 Å². The molecule has 85 valence electrons. The second-order valence-corrected chi connectivity index (χ2v) is 3.29. The van der Waals surface area contributed by atoms with Crippen molar-refractivity contribution in [2.24, 2.45) is 0 Å². The quantitative estimate of drug-likeness (QED) is 0.805. The topological polar surface area (TPSA) is 22.4 Å². The van der Waals surface area contributed by atoms with Crippen molar-refractivity contribution in [3.05, 3.63) is 36.1 Å². The number of rotatable bonds is 3. The molecule has 0 unspecified atom stereocenters. The van der Waals surface area contributed by atoms with E-state index < -0.39 is 12.8 Å². The standard InChI is InChI=1S/C11H8F3O2/c12-11(13,14)7-15-5-8-6-16-10-4-2-1-3-9(8)10/h1-4H,5,7H2. The lowest BCUT2D eigenvalue weighted by Crippen LogP contribution is -2.16. The molecule has 2 rings (SSSR count). The normalized spacial score (nSPS) is 12.2. The van der Waals surface area contributed by atoms with Gasteiger partial charge in [0.1, 0.15) is 12.2 Å². The van der Waals surface area contributed by atoms with Crippen molar-refractivity contribution in [3.63, 3.8) is 0 Å². The summed E-state index contributed by atoms with van der Waals surface area (Å²) in [6.45, 7) is -1.42. The van der Waals surface area contributed by atoms with Gasteiger partial charge in [-0.2, -0.15) is 13.2 Å². The van der Waals surface area contributed by atoms with Crippen LogP contribution in [0, 0.1) is 6.26 Å². The Hall–Kier alpha value is -1.49. The second kappa shape index (κ2) is 4.17. The van der Waals surface area contributed by atoms with E-state index in [2.05, 4.69) is 11.0 Å². The van der Waals surface area contributed by atoms with E-state index in [9.17, 15) is 13.2 Å². The highest BCUT2D eigenvalue weighted by Crippen LogP contribution is 2.22. The van der Waals surface area contributed by atoms with Crippen LogP contribution in [-0.4, -0.2) is 12.8 Å². The van der Waals surface area contributed by atoms with Crippen LogP contribution in [0.5, 0.6) is 0 Å². The highest BCUT2D eigenvalue weighted by Gasteiger charge is 2.27. The van der Waals surface area contributed by atoms with Gasteiger partial charge in [-0.3, -0.25) is 0 Å². The average Bonchev–Trinajstić information content (AvgIpc) is 2.60. The minimum Gasteiger partial charge on any atom is -0.452 e. The summed E-state index contributed by atoms with van der Waals surface area (Å²) in [5, 5.41) is 0.727. The second-order valence-electron chi connectivity index (χ2n) is 3.29. The predicted molar refractivity (Wildman–Crippen MR) is 50.8 cm³/mol. The van der Waals surface area contributed by atoms with Crippen molar-refractivity contribution in [3.8, 4) is 0 Å². The number of alkyl halides is 3. The Morgan fingerprint density at radius 1 is 1.25 bits per heavy atom. The predicted octanol–water partition coefficient (Wildman–Crippen LogP) is 3.31. The molecule has 2 nitrogen and oxygen atoms in total. The molecular weight excluding hydrogens is 221 g/mol. The van der Waals surface area contributed by atoms with Gasteiger partial charge < -0.3 is 9.15 Å². The molecule has 0 aliphatic heterocycles. The van der Waals surface area contributed by atoms with Gasteiger partial charge in [0, 0.05) is 10.9 Å². The lowest BCUT2D eigenvalue weighted by Gasteiger charge is -2.06. The fourth-order valence-electron chi connectivity index (χ4n) is 1.35. The van der Waals surface area contributed by atoms with Crippen LogP contribution in [0.25, 0.3) is 11.0 Å². The Balaban J connectivity index is 2.05. The van der Waals surface area contributed by atoms with E-state index in [4.69, 9.17) is 4.42 Å². The van der Waals surface area contributed by atoms with Crippen LogP contribution < -0.4 is 0 Å². The van der Waals surface area contributed by atoms with Crippen LogP contribution in [0.2, 0.25) is 0 Å². The average molecular weight is 229 g/mol. The molecule has 16 heavy (non-hydrogen) atoms. The summed E-state index contributed by atoms with van der Waals surface area (Å²) in [5.74, 6) is 0. The van der Waals surface area contributed by atoms with E-state index in [0.29, 0.717) is 11.1 Å². The highest BCUT2D eigenvalue weighted by atomic mass is 19.4. The molecule has 0 saturated heterocycles. The minimum atomic E-state index is -4.31. The summed E-state index contributed by atoms with van der Waals surface area (Å²) in [5.41, 5.74) is 1.09. The summed E-state index contributed by atoms with van der Waals surface area (Å²) in [4.78, 5) is 0. The van der Waals surface area contributed by atoms with Crippen LogP contribution in [0.15, 0.2) is 28.7 Å². The molecule has 0 atom stereocenters. The maximum absolute atomic E-state index is 11.8. The van der Waals surface area contributed by atoms with Crippen molar-refractivity contribution >= 4 is 11.0 Å². The Bertz CT molecular complexity index is 473. The SMILES string of the molecule is FC(F)(F)COCc1[c]oc2ccccc12. The van der Waals surface area contributed by atoms with Gasteiger partial charge in [0.25, 0.3) is 0 Å². The Labute approximate surface area is 89.6 Å². The zero-order valence-electron chi connectivity index (χ0n) is 8.17. The van der Waals surface area contributed by atoms with Crippen LogP contribution in [0.4, 0.5) is 13.2 Å². The molecule has 5 heteroatoms. The van der Waals surface area contributed by atoms with Crippen LogP contribution >= 0.6 is 0 Å². The molecular formula is C11H8F3O2. The van der Waals surface area contributed by atoms with Gasteiger partial charge in [-0.1, -0.05) is 18.2 Å². The summed E-state index contributed by atoms with van der Waals surface area (Å²) in [6, 6.07) is 7.03. The van der Waals surface area contributed by atoms with Crippen LogP contribution in [0.1, 0.15) is 5.56 Å². The number of halogens is 3. The van der Waals surface area contributed by atoms with E-state index >= 15 is 0 Å². The monoisotopic (exact) mass is 229 g/mol. The first-order valence-electron chi connectivity index (χ1n) is 4.59. The number of fused-ring (bicyclic) bond motifs is 1. The van der Waals surface area contributed by atoms with Gasteiger partial charge in [-0.25, -0.2) is 0 Å². The van der Waals surface area contributed by atoms with Crippen molar-refractivity contribution in [1.82, 2.24) is 0 Å². The van der Waals surface area contributed by atoms with E-state index in [1.165, 1.54) is 0 Å². The molecule has 0 N–H and O–H groups in total. The third-order valence-electron chi connectivity index (χ3n) is 2.01. The molecule has 0 amide bonds.